The first-order valence-corrected chi connectivity index (χ1v) is 3.84. The Balaban J connectivity index is 4.26. The fourth-order valence-electron chi connectivity index (χ4n) is 0.857. The van der Waals surface area contributed by atoms with Crippen LogP contribution >= 0.6 is 0 Å². The van der Waals surface area contributed by atoms with Crippen LogP contribution < -0.4 is 5.32 Å². The molecule has 0 aromatic carbocycles. The van der Waals surface area contributed by atoms with E-state index in [1.54, 1.807) is 6.92 Å². The molecule has 0 heterocycles. The number of nitrogens with one attached hydrogen (secondary N) is 1. The van der Waals surface area contributed by atoms with Gasteiger partial charge in [0.05, 0.1) is 0 Å². The minimum atomic E-state index is -1.05. The van der Waals surface area contributed by atoms with Gasteiger partial charge >= 0.3 is 5.97 Å². The van der Waals surface area contributed by atoms with Gasteiger partial charge in [0.2, 0.25) is 5.91 Å². The van der Waals surface area contributed by atoms with Crippen molar-refractivity contribution in [1.29, 1.82) is 0 Å². The second-order valence-electron chi connectivity index (χ2n) is 2.77. The lowest BCUT2D eigenvalue weighted by Gasteiger charge is -2.18. The summed E-state index contributed by atoms with van der Waals surface area (Å²) < 4.78 is 6.74. The molecular formula is C8H15NO3. The summed E-state index contributed by atoms with van der Waals surface area (Å²) in [6, 6.07) is -0.872. The maximum absolute atomic E-state index is 10.8. The van der Waals surface area contributed by atoms with Crippen LogP contribution in [0.25, 0.3) is 0 Å². The largest absolute Gasteiger partial charge is 0.480 e. The second-order valence-corrected chi connectivity index (χ2v) is 2.77. The number of hydrogen-bond donors (Lipinski definition) is 2. The number of carboxylic acid groups (broad SMARTS) is 1. The Kier molecular flexibility index (Phi) is 3.57. The van der Waals surface area contributed by atoms with Crippen LogP contribution in [0.1, 0.15) is 28.5 Å². The zero-order valence-electron chi connectivity index (χ0n) is 8.33. The standard InChI is InChI=1S/C8H15NO3/c1-4-5(2)7(8(11)12)9-6(3)10/h5,7H,4H2,1-3H3,(H,9,10)(H,11,12)/t5-,7-/m0/s1/i3D. The van der Waals surface area contributed by atoms with Gasteiger partial charge in [-0.3, -0.25) is 4.79 Å². The van der Waals surface area contributed by atoms with E-state index in [9.17, 15) is 9.59 Å². The minimum Gasteiger partial charge on any atom is -0.480 e. The molecule has 1 amide bonds. The van der Waals surface area contributed by atoms with E-state index in [2.05, 4.69) is 5.32 Å². The van der Waals surface area contributed by atoms with Crippen molar-refractivity contribution in [3.05, 3.63) is 0 Å². The highest BCUT2D eigenvalue weighted by Crippen LogP contribution is 2.07. The highest BCUT2D eigenvalue weighted by molar-refractivity contribution is 5.82. The van der Waals surface area contributed by atoms with Crippen LogP contribution in [0.15, 0.2) is 0 Å². The molecule has 2 atom stereocenters. The van der Waals surface area contributed by atoms with Crippen LogP contribution in [0.4, 0.5) is 0 Å². The Morgan fingerprint density at radius 2 is 2.25 bits per heavy atom. The molecule has 0 saturated carbocycles. The highest BCUT2D eigenvalue weighted by atomic mass is 16.4. The fourth-order valence-corrected chi connectivity index (χ4v) is 0.857. The van der Waals surface area contributed by atoms with Gasteiger partial charge in [-0.2, -0.15) is 0 Å². The number of carbonyl (C=O) groups is 2. The van der Waals surface area contributed by atoms with Gasteiger partial charge in [-0.25, -0.2) is 4.79 Å². The van der Waals surface area contributed by atoms with Crippen molar-refractivity contribution in [2.75, 3.05) is 0 Å². The first-order chi connectivity index (χ1) is 6.02. The second kappa shape index (κ2) is 4.74. The van der Waals surface area contributed by atoms with E-state index in [1.165, 1.54) is 0 Å². The molecule has 12 heavy (non-hydrogen) atoms. The number of hydrogen-bond acceptors (Lipinski definition) is 2. The van der Waals surface area contributed by atoms with Gasteiger partial charge in [-0.1, -0.05) is 20.3 Å². The molecule has 0 aliphatic carbocycles. The van der Waals surface area contributed by atoms with Crippen LogP contribution in [-0.4, -0.2) is 23.0 Å². The average molecular weight is 174 g/mol. The molecule has 0 aromatic heterocycles. The van der Waals surface area contributed by atoms with E-state index in [1.807, 2.05) is 6.92 Å². The number of aliphatic carboxylic acids is 1. The summed E-state index contributed by atoms with van der Waals surface area (Å²) in [4.78, 5) is 21.5. The van der Waals surface area contributed by atoms with E-state index in [0.29, 0.717) is 6.42 Å². The molecule has 0 unspecified atom stereocenters. The molecule has 0 aromatic rings. The maximum Gasteiger partial charge on any atom is 0.326 e. The third-order valence-corrected chi connectivity index (χ3v) is 1.80. The van der Waals surface area contributed by atoms with Crippen molar-refractivity contribution in [2.45, 2.75) is 33.2 Å². The van der Waals surface area contributed by atoms with Crippen molar-refractivity contribution < 1.29 is 16.1 Å². The molecule has 4 nitrogen and oxygen atoms in total. The van der Waals surface area contributed by atoms with Crippen LogP contribution in [0, 0.1) is 5.92 Å². The lowest BCUT2D eigenvalue weighted by atomic mass is 9.99. The molecule has 0 fully saturated rings. The summed E-state index contributed by atoms with van der Waals surface area (Å²) in [7, 11) is 0. The van der Waals surface area contributed by atoms with Gasteiger partial charge < -0.3 is 10.4 Å². The smallest absolute Gasteiger partial charge is 0.326 e. The molecule has 0 spiro atoms. The Labute approximate surface area is 73.4 Å². The van der Waals surface area contributed by atoms with E-state index in [0.717, 1.165) is 0 Å². The van der Waals surface area contributed by atoms with Crippen molar-refractivity contribution >= 4 is 11.9 Å². The molecule has 0 rings (SSSR count). The summed E-state index contributed by atoms with van der Waals surface area (Å²) >= 11 is 0. The van der Waals surface area contributed by atoms with Gasteiger partial charge in [-0.15, -0.1) is 0 Å². The van der Waals surface area contributed by atoms with Gasteiger partial charge in [-0.05, 0) is 5.92 Å². The van der Waals surface area contributed by atoms with Crippen molar-refractivity contribution in [1.82, 2.24) is 5.32 Å². The van der Waals surface area contributed by atoms with Gasteiger partial charge in [0.1, 0.15) is 6.04 Å². The van der Waals surface area contributed by atoms with E-state index >= 15 is 0 Å². The topological polar surface area (TPSA) is 66.4 Å². The molecule has 0 aliphatic heterocycles. The maximum atomic E-state index is 10.8. The van der Waals surface area contributed by atoms with Crippen molar-refractivity contribution in [3.63, 3.8) is 0 Å². The Morgan fingerprint density at radius 3 is 2.58 bits per heavy atom. The predicted molar refractivity (Wildman–Crippen MR) is 44.7 cm³/mol. The first-order valence-electron chi connectivity index (χ1n) is 4.55. The summed E-state index contributed by atoms with van der Waals surface area (Å²) in [5.41, 5.74) is 0. The molecule has 2 N–H and O–H groups in total. The zero-order valence-corrected chi connectivity index (χ0v) is 7.33. The Bertz CT molecular complexity index is 196. The van der Waals surface area contributed by atoms with Crippen LogP contribution in [0.2, 0.25) is 0 Å². The molecule has 0 radical (unpaired) electrons. The quantitative estimate of drug-likeness (QED) is 0.656. The van der Waals surface area contributed by atoms with Gasteiger partial charge in [0, 0.05) is 8.27 Å². The Morgan fingerprint density at radius 1 is 1.67 bits per heavy atom. The summed E-state index contributed by atoms with van der Waals surface area (Å²) in [5.74, 6) is -1.71. The van der Waals surface area contributed by atoms with E-state index in [4.69, 9.17) is 6.48 Å². The lowest BCUT2D eigenvalue weighted by molar-refractivity contribution is -0.143. The highest BCUT2D eigenvalue weighted by Gasteiger charge is 2.23. The van der Waals surface area contributed by atoms with Gasteiger partial charge in [0.25, 0.3) is 0 Å². The summed E-state index contributed by atoms with van der Waals surface area (Å²) in [5, 5.41) is 11.0. The molecule has 0 saturated heterocycles. The zero-order chi connectivity index (χ0) is 10.4. The fraction of sp³-hybridized carbons (Fsp3) is 0.750. The number of carbonyl (C=O) groups excluding carboxylic acids is 1. The van der Waals surface area contributed by atoms with E-state index in [-0.39, 0.29) is 5.92 Å². The van der Waals surface area contributed by atoms with Crippen LogP contribution in [-0.2, 0) is 9.59 Å². The monoisotopic (exact) mass is 174 g/mol. The lowest BCUT2D eigenvalue weighted by Crippen LogP contribution is -2.43. The minimum absolute atomic E-state index is 0.118. The number of rotatable bonds is 4. The average Bonchev–Trinajstić information content (AvgIpc) is 2.11. The molecule has 0 bridgehead atoms. The molecule has 70 valence electrons. The Hall–Kier alpha value is -1.06. The third-order valence-electron chi connectivity index (χ3n) is 1.80. The normalized spacial score (nSPS) is 16.0. The third kappa shape index (κ3) is 3.37. The van der Waals surface area contributed by atoms with Crippen LogP contribution in [0.3, 0.4) is 0 Å². The SMILES string of the molecule is [2H]CC(=O)N[C@H](C(=O)O)[C@@H](C)CC. The number of amides is 1. The first kappa shape index (κ1) is 9.03. The van der Waals surface area contributed by atoms with Crippen molar-refractivity contribution in [3.8, 4) is 0 Å². The van der Waals surface area contributed by atoms with Crippen molar-refractivity contribution in [2.24, 2.45) is 5.92 Å². The summed E-state index contributed by atoms with van der Waals surface area (Å²) in [6.07, 6.45) is 0.676. The van der Waals surface area contributed by atoms with Gasteiger partial charge in [0.15, 0.2) is 0 Å². The summed E-state index contributed by atoms with van der Waals surface area (Å²) in [6.45, 7) is 3.18. The molecular weight excluding hydrogens is 158 g/mol. The predicted octanol–water partition coefficient (Wildman–Crippen LogP) is 0.622. The molecule has 0 aliphatic rings. The number of carboxylic acids is 1. The van der Waals surface area contributed by atoms with E-state index < -0.39 is 24.8 Å². The molecule has 4 heteroatoms. The van der Waals surface area contributed by atoms with Crippen LogP contribution in [0.5, 0.6) is 0 Å².